The Bertz CT molecular complexity index is 349. The highest BCUT2D eigenvalue weighted by atomic mass is 16.5. The molecule has 0 amide bonds. The number of hydrogen-bond donors (Lipinski definition) is 1. The lowest BCUT2D eigenvalue weighted by atomic mass is 9.89. The molecule has 4 nitrogen and oxygen atoms in total. The van der Waals surface area contributed by atoms with Gasteiger partial charge in [-0.15, -0.1) is 0 Å². The summed E-state index contributed by atoms with van der Waals surface area (Å²) in [6.07, 6.45) is 1.58. The van der Waals surface area contributed by atoms with Crippen LogP contribution in [0.15, 0.2) is 18.3 Å². The zero-order valence-electron chi connectivity index (χ0n) is 9.10. The van der Waals surface area contributed by atoms with Gasteiger partial charge in [0.15, 0.2) is 0 Å². The van der Waals surface area contributed by atoms with E-state index >= 15 is 0 Å². The molecule has 0 fully saturated rings. The van der Waals surface area contributed by atoms with Crippen molar-refractivity contribution in [3.63, 3.8) is 0 Å². The molecule has 0 aliphatic heterocycles. The van der Waals surface area contributed by atoms with Crippen LogP contribution in [-0.2, 0) is 4.79 Å². The molecule has 0 spiro atoms. The van der Waals surface area contributed by atoms with Crippen LogP contribution in [0.25, 0.3) is 0 Å². The van der Waals surface area contributed by atoms with E-state index in [-0.39, 0.29) is 5.92 Å². The third-order valence-electron chi connectivity index (χ3n) is 2.26. The fraction of sp³-hybridized carbons (Fsp3) is 0.455. The third-order valence-corrected chi connectivity index (χ3v) is 2.26. The summed E-state index contributed by atoms with van der Waals surface area (Å²) >= 11 is 0. The standard InChI is InChI=1S/C11H15NO3/c1-7(2)9(11(13)14)8-5-4-6-12-10(8)15-3/h4-7,9H,1-3H3,(H,13,14). The molecule has 1 unspecified atom stereocenters. The molecule has 1 aromatic heterocycles. The van der Waals surface area contributed by atoms with Gasteiger partial charge in [0, 0.05) is 11.8 Å². The maximum Gasteiger partial charge on any atom is 0.311 e. The Morgan fingerprint density at radius 3 is 2.67 bits per heavy atom. The average Bonchev–Trinajstić information content (AvgIpc) is 2.17. The lowest BCUT2D eigenvalue weighted by molar-refractivity contribution is -0.139. The maximum atomic E-state index is 11.1. The molecule has 0 bridgehead atoms. The monoisotopic (exact) mass is 209 g/mol. The van der Waals surface area contributed by atoms with E-state index in [0.717, 1.165) is 0 Å². The number of ether oxygens (including phenoxy) is 1. The summed E-state index contributed by atoms with van der Waals surface area (Å²) in [6.45, 7) is 3.73. The van der Waals surface area contributed by atoms with Crippen molar-refractivity contribution >= 4 is 5.97 Å². The van der Waals surface area contributed by atoms with Crippen molar-refractivity contribution in [1.82, 2.24) is 4.98 Å². The number of carboxylic acids is 1. The third kappa shape index (κ3) is 2.46. The van der Waals surface area contributed by atoms with E-state index in [1.807, 2.05) is 13.8 Å². The van der Waals surface area contributed by atoms with Gasteiger partial charge in [-0.3, -0.25) is 4.79 Å². The lowest BCUT2D eigenvalue weighted by Crippen LogP contribution is -2.18. The molecule has 15 heavy (non-hydrogen) atoms. The van der Waals surface area contributed by atoms with E-state index < -0.39 is 11.9 Å². The van der Waals surface area contributed by atoms with Crippen LogP contribution < -0.4 is 4.74 Å². The highest BCUT2D eigenvalue weighted by Gasteiger charge is 2.26. The van der Waals surface area contributed by atoms with Gasteiger partial charge in [-0.2, -0.15) is 0 Å². The van der Waals surface area contributed by atoms with Crippen molar-refractivity contribution in [2.24, 2.45) is 5.92 Å². The van der Waals surface area contributed by atoms with Gasteiger partial charge >= 0.3 is 5.97 Å². The number of carboxylic acid groups (broad SMARTS) is 1. The molecule has 0 aliphatic rings. The minimum Gasteiger partial charge on any atom is -0.481 e. The predicted octanol–water partition coefficient (Wildman–Crippen LogP) is 1.91. The second kappa shape index (κ2) is 4.77. The normalized spacial score (nSPS) is 12.5. The number of nitrogens with zero attached hydrogens (tertiary/aromatic N) is 1. The van der Waals surface area contributed by atoms with E-state index in [1.54, 1.807) is 18.3 Å². The molecule has 1 N–H and O–H groups in total. The van der Waals surface area contributed by atoms with Gasteiger partial charge < -0.3 is 9.84 Å². The quantitative estimate of drug-likeness (QED) is 0.822. The van der Waals surface area contributed by atoms with Crippen LogP contribution >= 0.6 is 0 Å². The Hall–Kier alpha value is -1.58. The zero-order chi connectivity index (χ0) is 11.4. The van der Waals surface area contributed by atoms with Crippen LogP contribution in [0.5, 0.6) is 5.88 Å². The molecular formula is C11H15NO3. The van der Waals surface area contributed by atoms with E-state index in [2.05, 4.69) is 4.98 Å². The topological polar surface area (TPSA) is 59.4 Å². The number of methoxy groups -OCH3 is 1. The zero-order valence-corrected chi connectivity index (χ0v) is 9.10. The van der Waals surface area contributed by atoms with Gasteiger partial charge in [0.05, 0.1) is 13.0 Å². The Morgan fingerprint density at radius 1 is 1.53 bits per heavy atom. The summed E-state index contributed by atoms with van der Waals surface area (Å²) in [5.74, 6) is -1.04. The molecule has 1 rings (SSSR count). The first-order valence-electron chi connectivity index (χ1n) is 4.79. The number of carbonyl (C=O) groups is 1. The molecule has 0 aromatic carbocycles. The predicted molar refractivity (Wildman–Crippen MR) is 56.0 cm³/mol. The van der Waals surface area contributed by atoms with Crippen LogP contribution in [0.3, 0.4) is 0 Å². The van der Waals surface area contributed by atoms with E-state index in [9.17, 15) is 4.79 Å². The summed E-state index contributed by atoms with van der Waals surface area (Å²) in [6, 6.07) is 3.46. The van der Waals surface area contributed by atoms with E-state index in [1.165, 1.54) is 7.11 Å². The first-order chi connectivity index (χ1) is 7.07. The molecule has 0 saturated carbocycles. The second-order valence-electron chi connectivity index (χ2n) is 3.66. The van der Waals surface area contributed by atoms with Gasteiger partial charge in [0.2, 0.25) is 5.88 Å². The molecule has 0 radical (unpaired) electrons. The molecule has 0 aliphatic carbocycles. The largest absolute Gasteiger partial charge is 0.481 e. The number of pyridine rings is 1. The molecular weight excluding hydrogens is 194 g/mol. The van der Waals surface area contributed by atoms with Crippen molar-refractivity contribution in [2.45, 2.75) is 19.8 Å². The van der Waals surface area contributed by atoms with E-state index in [4.69, 9.17) is 9.84 Å². The minimum atomic E-state index is -0.851. The number of rotatable bonds is 4. The SMILES string of the molecule is COc1ncccc1C(C(=O)O)C(C)C. The summed E-state index contributed by atoms with van der Waals surface area (Å²) in [4.78, 5) is 15.1. The highest BCUT2D eigenvalue weighted by molar-refractivity contribution is 5.77. The van der Waals surface area contributed by atoms with Crippen LogP contribution in [0.1, 0.15) is 25.3 Å². The fourth-order valence-electron chi connectivity index (χ4n) is 1.59. The molecule has 0 saturated heterocycles. The highest BCUT2D eigenvalue weighted by Crippen LogP contribution is 2.30. The number of hydrogen-bond acceptors (Lipinski definition) is 3. The Morgan fingerprint density at radius 2 is 2.20 bits per heavy atom. The van der Waals surface area contributed by atoms with Crippen molar-refractivity contribution in [3.05, 3.63) is 23.9 Å². The first-order valence-corrected chi connectivity index (χ1v) is 4.79. The Balaban J connectivity index is 3.16. The molecule has 4 heteroatoms. The summed E-state index contributed by atoms with van der Waals surface area (Å²) in [7, 11) is 1.49. The van der Waals surface area contributed by atoms with Crippen molar-refractivity contribution < 1.29 is 14.6 Å². The van der Waals surface area contributed by atoms with Crippen molar-refractivity contribution in [2.75, 3.05) is 7.11 Å². The van der Waals surface area contributed by atoms with Gasteiger partial charge in [0.25, 0.3) is 0 Å². The van der Waals surface area contributed by atoms with Gasteiger partial charge in [-0.05, 0) is 12.0 Å². The van der Waals surface area contributed by atoms with Crippen molar-refractivity contribution in [1.29, 1.82) is 0 Å². The van der Waals surface area contributed by atoms with E-state index in [0.29, 0.717) is 11.4 Å². The molecule has 1 atom stereocenters. The van der Waals surface area contributed by atoms with Gasteiger partial charge in [-0.25, -0.2) is 4.98 Å². The first kappa shape index (κ1) is 11.5. The van der Waals surface area contributed by atoms with Gasteiger partial charge in [0.1, 0.15) is 0 Å². The van der Waals surface area contributed by atoms with Crippen LogP contribution in [0.2, 0.25) is 0 Å². The van der Waals surface area contributed by atoms with Crippen molar-refractivity contribution in [3.8, 4) is 5.88 Å². The summed E-state index contributed by atoms with van der Waals surface area (Å²) in [5.41, 5.74) is 0.627. The molecule has 1 heterocycles. The Kier molecular flexibility index (Phi) is 3.66. The van der Waals surface area contributed by atoms with Crippen LogP contribution in [-0.4, -0.2) is 23.2 Å². The molecule has 82 valence electrons. The number of aromatic nitrogens is 1. The van der Waals surface area contributed by atoms with Crippen LogP contribution in [0, 0.1) is 5.92 Å². The maximum absolute atomic E-state index is 11.1. The average molecular weight is 209 g/mol. The van der Waals surface area contributed by atoms with Gasteiger partial charge in [-0.1, -0.05) is 19.9 Å². The number of aliphatic carboxylic acids is 1. The van der Waals surface area contributed by atoms with Crippen LogP contribution in [0.4, 0.5) is 0 Å². The lowest BCUT2D eigenvalue weighted by Gasteiger charge is -2.18. The molecule has 1 aromatic rings. The second-order valence-corrected chi connectivity index (χ2v) is 3.66. The fourth-order valence-corrected chi connectivity index (χ4v) is 1.59. The smallest absolute Gasteiger partial charge is 0.311 e. The summed E-state index contributed by atoms with van der Waals surface area (Å²) < 4.78 is 5.05. The minimum absolute atomic E-state index is 0.000556. The Labute approximate surface area is 88.9 Å². The summed E-state index contributed by atoms with van der Waals surface area (Å²) in [5, 5.41) is 9.13.